The van der Waals surface area contributed by atoms with Crippen LogP contribution in [0, 0.1) is 0 Å². The molecule has 1 atom stereocenters. The number of benzene rings is 3. The van der Waals surface area contributed by atoms with Gasteiger partial charge in [0.15, 0.2) is 4.80 Å². The van der Waals surface area contributed by atoms with Gasteiger partial charge in [0, 0.05) is 22.8 Å². The minimum Gasteiger partial charge on any atom is -0.497 e. The first-order valence-electron chi connectivity index (χ1n) is 13.9. The van der Waals surface area contributed by atoms with Crippen molar-refractivity contribution in [1.29, 1.82) is 0 Å². The van der Waals surface area contributed by atoms with Gasteiger partial charge in [-0.3, -0.25) is 9.36 Å². The Hall–Kier alpha value is -4.83. The molecule has 6 nitrogen and oxygen atoms in total. The number of hydrogen-bond donors (Lipinski definition) is 0. The number of aromatic nitrogens is 1. The summed E-state index contributed by atoms with van der Waals surface area (Å²) in [4.78, 5) is 19.6. The van der Waals surface area contributed by atoms with E-state index in [1.807, 2.05) is 36.4 Å². The van der Waals surface area contributed by atoms with Crippen molar-refractivity contribution in [3.63, 3.8) is 0 Å². The van der Waals surface area contributed by atoms with E-state index in [2.05, 4.69) is 6.07 Å². The number of alkyl halides is 3. The average Bonchev–Trinajstić information content (AvgIpc) is 3.63. The van der Waals surface area contributed by atoms with Crippen molar-refractivity contribution in [2.45, 2.75) is 25.1 Å². The van der Waals surface area contributed by atoms with Crippen molar-refractivity contribution in [1.82, 2.24) is 4.57 Å². The molecular formula is C34H25F3N2O4S. The summed E-state index contributed by atoms with van der Waals surface area (Å²) < 4.78 is 60.1. The van der Waals surface area contributed by atoms with Gasteiger partial charge in [-0.05, 0) is 60.4 Å². The van der Waals surface area contributed by atoms with Crippen molar-refractivity contribution in [2.75, 3.05) is 14.2 Å². The van der Waals surface area contributed by atoms with Crippen molar-refractivity contribution in [3.8, 4) is 22.8 Å². The molecule has 1 aliphatic heterocycles. The Bertz CT molecular complexity index is 2140. The SMILES string of the molecule is COc1ccc(OC)c([C@@H]2C3=C(N=c4s/c(=C\c5ccc(-c6ccccc6C(F)(F)F)o5)c(=O)n42)c2ccccc2CC3)c1. The zero-order valence-corrected chi connectivity index (χ0v) is 24.5. The van der Waals surface area contributed by atoms with Crippen LogP contribution < -0.4 is 24.4 Å². The largest absolute Gasteiger partial charge is 0.497 e. The first-order valence-corrected chi connectivity index (χ1v) is 14.7. The summed E-state index contributed by atoms with van der Waals surface area (Å²) in [5.41, 5.74) is 3.66. The molecule has 0 spiro atoms. The van der Waals surface area contributed by atoms with Gasteiger partial charge in [0.1, 0.15) is 23.0 Å². The smallest absolute Gasteiger partial charge is 0.417 e. The van der Waals surface area contributed by atoms with Gasteiger partial charge in [0.2, 0.25) is 0 Å². The van der Waals surface area contributed by atoms with E-state index in [0.717, 1.165) is 34.9 Å². The third kappa shape index (κ3) is 4.66. The summed E-state index contributed by atoms with van der Waals surface area (Å²) in [6.07, 6.45) is -1.49. The highest BCUT2D eigenvalue weighted by molar-refractivity contribution is 7.07. The van der Waals surface area contributed by atoms with E-state index < -0.39 is 17.8 Å². The summed E-state index contributed by atoms with van der Waals surface area (Å²) in [6.45, 7) is 0. The third-order valence-electron chi connectivity index (χ3n) is 8.00. The summed E-state index contributed by atoms with van der Waals surface area (Å²) in [6, 6.07) is 21.4. The molecule has 0 fully saturated rings. The number of ether oxygens (including phenoxy) is 2. The van der Waals surface area contributed by atoms with Crippen molar-refractivity contribution >= 4 is 23.1 Å². The normalized spacial score (nSPS) is 16.2. The number of fused-ring (bicyclic) bond motifs is 3. The summed E-state index contributed by atoms with van der Waals surface area (Å²) in [5.74, 6) is 1.55. The van der Waals surface area contributed by atoms with E-state index in [0.29, 0.717) is 27.3 Å². The van der Waals surface area contributed by atoms with Gasteiger partial charge in [0.05, 0.1) is 36.1 Å². The van der Waals surface area contributed by atoms with Crippen LogP contribution in [0.25, 0.3) is 23.1 Å². The van der Waals surface area contributed by atoms with E-state index in [1.54, 1.807) is 30.9 Å². The predicted octanol–water partition coefficient (Wildman–Crippen LogP) is 6.61. The maximum atomic E-state index is 14.1. The minimum atomic E-state index is -4.54. The van der Waals surface area contributed by atoms with Crippen LogP contribution in [0.3, 0.4) is 0 Å². The predicted molar refractivity (Wildman–Crippen MR) is 161 cm³/mol. The van der Waals surface area contributed by atoms with E-state index in [9.17, 15) is 18.0 Å². The lowest BCUT2D eigenvalue weighted by Crippen LogP contribution is -2.39. The number of nitrogens with zero attached hydrogens (tertiary/aromatic N) is 2. The number of methoxy groups -OCH3 is 2. The van der Waals surface area contributed by atoms with E-state index in [4.69, 9.17) is 18.9 Å². The number of allylic oxidation sites excluding steroid dienone is 1. The molecule has 0 bridgehead atoms. The fourth-order valence-electron chi connectivity index (χ4n) is 6.00. The Kier molecular flexibility index (Phi) is 6.81. The fraction of sp³-hybridized carbons (Fsp3) is 0.176. The lowest BCUT2D eigenvalue weighted by Gasteiger charge is -2.31. The maximum absolute atomic E-state index is 14.1. The molecule has 0 saturated carbocycles. The molecule has 0 N–H and O–H groups in total. The van der Waals surface area contributed by atoms with Gasteiger partial charge >= 0.3 is 6.18 Å². The van der Waals surface area contributed by atoms with Gasteiger partial charge in [-0.25, -0.2) is 4.99 Å². The highest BCUT2D eigenvalue weighted by Gasteiger charge is 2.35. The van der Waals surface area contributed by atoms with Crippen molar-refractivity contribution in [3.05, 3.63) is 132 Å². The van der Waals surface area contributed by atoms with Gasteiger partial charge in [-0.2, -0.15) is 13.2 Å². The van der Waals surface area contributed by atoms with Crippen molar-refractivity contribution in [2.24, 2.45) is 4.99 Å². The molecule has 44 heavy (non-hydrogen) atoms. The first kappa shape index (κ1) is 28.0. The summed E-state index contributed by atoms with van der Waals surface area (Å²) in [5, 5.41) is 0. The minimum absolute atomic E-state index is 0.0583. The molecule has 3 heterocycles. The third-order valence-corrected chi connectivity index (χ3v) is 8.99. The van der Waals surface area contributed by atoms with Crippen LogP contribution in [0.5, 0.6) is 11.5 Å². The molecule has 2 aromatic heterocycles. The molecule has 0 unspecified atom stereocenters. The number of thiazole rings is 1. The molecule has 5 aromatic rings. The number of furan rings is 1. The quantitative estimate of drug-likeness (QED) is 0.223. The van der Waals surface area contributed by atoms with Crippen LogP contribution in [-0.4, -0.2) is 18.8 Å². The van der Waals surface area contributed by atoms with Gasteiger partial charge in [0.25, 0.3) is 5.56 Å². The topological polar surface area (TPSA) is 66.0 Å². The first-order chi connectivity index (χ1) is 21.3. The molecule has 7 rings (SSSR count). The van der Waals surface area contributed by atoms with Crippen LogP contribution in [0.2, 0.25) is 0 Å². The molecule has 0 amide bonds. The van der Waals surface area contributed by atoms with Crippen LogP contribution in [0.1, 0.15) is 40.5 Å². The standard InChI is InChI=1S/C34H25F3N2O4S/c1-41-20-12-15-27(42-2)25(17-20)31-24-14-11-19-7-3-4-8-22(19)30(24)38-33-39(31)32(40)29(44-33)18-21-13-16-28(43-21)23-9-5-6-10-26(23)34(35,36)37/h3-10,12-13,15-18,31H,11,14H2,1-2H3/b29-18-/t31-/m0/s1. The average molecular weight is 615 g/mol. The summed E-state index contributed by atoms with van der Waals surface area (Å²) >= 11 is 1.20. The Labute approximate surface area is 253 Å². The monoisotopic (exact) mass is 614 g/mol. The Morgan fingerprint density at radius 2 is 1.73 bits per heavy atom. The Balaban J connectivity index is 1.42. The summed E-state index contributed by atoms with van der Waals surface area (Å²) in [7, 11) is 3.18. The van der Waals surface area contributed by atoms with E-state index in [1.165, 1.54) is 41.2 Å². The van der Waals surface area contributed by atoms with Crippen molar-refractivity contribution < 1.29 is 27.1 Å². The van der Waals surface area contributed by atoms with Gasteiger partial charge < -0.3 is 13.9 Å². The molecule has 2 aliphatic rings. The number of aryl methyl sites for hydroxylation is 1. The molecule has 1 aliphatic carbocycles. The second kappa shape index (κ2) is 10.7. The van der Waals surface area contributed by atoms with E-state index in [-0.39, 0.29) is 22.6 Å². The molecule has 3 aromatic carbocycles. The van der Waals surface area contributed by atoms with Crippen LogP contribution in [-0.2, 0) is 12.6 Å². The van der Waals surface area contributed by atoms with Crippen LogP contribution in [0.4, 0.5) is 13.2 Å². The molecule has 222 valence electrons. The highest BCUT2D eigenvalue weighted by Crippen LogP contribution is 2.44. The number of halogens is 3. The zero-order valence-electron chi connectivity index (χ0n) is 23.6. The lowest BCUT2D eigenvalue weighted by molar-refractivity contribution is -0.137. The number of rotatable bonds is 5. The second-order valence-electron chi connectivity index (χ2n) is 10.5. The lowest BCUT2D eigenvalue weighted by atomic mass is 9.83. The van der Waals surface area contributed by atoms with Crippen LogP contribution >= 0.6 is 11.3 Å². The van der Waals surface area contributed by atoms with Gasteiger partial charge in [-0.15, -0.1) is 0 Å². The fourth-order valence-corrected chi connectivity index (χ4v) is 6.98. The van der Waals surface area contributed by atoms with Gasteiger partial charge in [-0.1, -0.05) is 53.8 Å². The van der Waals surface area contributed by atoms with E-state index >= 15 is 0 Å². The maximum Gasteiger partial charge on any atom is 0.417 e. The van der Waals surface area contributed by atoms with Crippen LogP contribution in [0.15, 0.2) is 98.6 Å². The molecule has 10 heteroatoms. The molecular weight excluding hydrogens is 589 g/mol. The zero-order chi connectivity index (χ0) is 30.6. The molecule has 0 radical (unpaired) electrons. The molecule has 0 saturated heterocycles. The second-order valence-corrected chi connectivity index (χ2v) is 11.5. The Morgan fingerprint density at radius 1 is 0.955 bits per heavy atom. The number of hydrogen-bond acceptors (Lipinski definition) is 6. The highest BCUT2D eigenvalue weighted by atomic mass is 32.1. The Morgan fingerprint density at radius 3 is 2.50 bits per heavy atom.